The Morgan fingerprint density at radius 2 is 0.500 bits per heavy atom. The molecule has 0 aromatic rings. The van der Waals surface area contributed by atoms with Crippen molar-refractivity contribution in [1.29, 1.82) is 0 Å². The van der Waals surface area contributed by atoms with Crippen LogP contribution in [-0.4, -0.2) is 26.2 Å². The Hall–Kier alpha value is 1.79. The van der Waals surface area contributed by atoms with Crippen molar-refractivity contribution >= 4 is 26.2 Å². The summed E-state index contributed by atoms with van der Waals surface area (Å²) in [7, 11) is 0. The van der Waals surface area contributed by atoms with Gasteiger partial charge in [0.2, 0.25) is 0 Å². The fourth-order valence-corrected chi connectivity index (χ4v) is 0. The number of hydrogen-bond donors (Lipinski definition) is 0. The molecule has 0 aliphatic carbocycles. The van der Waals surface area contributed by atoms with Crippen molar-refractivity contribution in [1.82, 2.24) is 0 Å². The van der Waals surface area contributed by atoms with Gasteiger partial charge in [0, 0.05) is 18.6 Å². The molecule has 0 rings (SSSR count). The molecule has 0 bridgehead atoms. The third-order valence-electron chi connectivity index (χ3n) is 0. The summed E-state index contributed by atoms with van der Waals surface area (Å²) in [5, 5.41) is 0. The monoisotopic (exact) mass is 403 g/mol. The van der Waals surface area contributed by atoms with Gasteiger partial charge in [-0.25, -0.2) is 0 Å². The minimum atomic E-state index is 0. The van der Waals surface area contributed by atoms with Gasteiger partial charge >= 0.3 is 43.3 Å². The predicted octanol–water partition coefficient (Wildman–Crippen LogP) is -0.980. The molecule has 0 aliphatic rings. The molecule has 5 nitrogen and oxygen atoms in total. The Balaban J connectivity index is 0. The molecule has 0 saturated carbocycles. The summed E-state index contributed by atoms with van der Waals surface area (Å²) >= 11 is 0. The van der Waals surface area contributed by atoms with Crippen LogP contribution in [0.15, 0.2) is 0 Å². The second-order valence-corrected chi connectivity index (χ2v) is 0. The van der Waals surface area contributed by atoms with Gasteiger partial charge in [0.25, 0.3) is 0 Å². The van der Waals surface area contributed by atoms with Crippen LogP contribution in [0, 0.1) is 0 Å². The van der Waals surface area contributed by atoms with Crippen molar-refractivity contribution in [3.05, 3.63) is 0 Å². The van der Waals surface area contributed by atoms with Crippen LogP contribution >= 0.6 is 0 Å². The van der Waals surface area contributed by atoms with Crippen molar-refractivity contribution in [2.24, 2.45) is 0 Å². The Kier molecular flexibility index (Phi) is 4940. The summed E-state index contributed by atoms with van der Waals surface area (Å²) in [4.78, 5) is 0. The first-order valence-electron chi connectivity index (χ1n) is 0. The zero-order valence-corrected chi connectivity index (χ0v) is 9.05. The maximum Gasteiger partial charge on any atom is 3.00 e. The normalized spacial score (nSPS) is 0. The molecule has 0 amide bonds. The Labute approximate surface area is 88.6 Å². The largest absolute Gasteiger partial charge is 3.00 e. The van der Waals surface area contributed by atoms with Gasteiger partial charge in [-0.15, -0.1) is 0 Å². The molecule has 0 saturated heterocycles. The Bertz CT molecular complexity index is 12.4. The topological polar surface area (TPSA) is 142 Å². The molecule has 0 heterocycles. The van der Waals surface area contributed by atoms with Crippen LogP contribution < -0.4 is 0 Å². The zero-order chi connectivity index (χ0) is 0. The molecular weight excluding hydrogens is 403 g/mol. The van der Waals surface area contributed by atoms with E-state index in [1.54, 1.807) is 0 Å². The smallest absolute Gasteiger partial charge is 2.00 e. The van der Waals surface area contributed by atoms with Crippen molar-refractivity contribution < 1.29 is 63.0 Å². The predicted molar refractivity (Wildman–Crippen MR) is 9.19 cm³/mol. The van der Waals surface area contributed by atoms with E-state index in [2.05, 4.69) is 0 Å². The van der Waals surface area contributed by atoms with E-state index in [1.165, 1.54) is 0 Å². The van der Waals surface area contributed by atoms with Crippen molar-refractivity contribution in [3.63, 3.8) is 0 Å². The second-order valence-electron chi connectivity index (χ2n) is 0. The first-order chi connectivity index (χ1) is 0. The molecular formula is BiCuO5V-5. The Morgan fingerprint density at radius 3 is 0.500 bits per heavy atom. The van der Waals surface area contributed by atoms with E-state index < -0.39 is 0 Å². The molecule has 8 heavy (non-hydrogen) atoms. The van der Waals surface area contributed by atoms with E-state index in [-0.39, 0.29) is 89.2 Å². The molecule has 8 heteroatoms. The fourth-order valence-electron chi connectivity index (χ4n) is 0. The molecule has 0 spiro atoms. The summed E-state index contributed by atoms with van der Waals surface area (Å²) in [6.45, 7) is 0. The number of hydrogen-bond acceptors (Lipinski definition) is 0. The maximum absolute atomic E-state index is 0. The summed E-state index contributed by atoms with van der Waals surface area (Å²) < 4.78 is 0. The minimum Gasteiger partial charge on any atom is -2.00 e. The van der Waals surface area contributed by atoms with Crippen LogP contribution in [0.3, 0.4) is 0 Å². The van der Waals surface area contributed by atoms with Gasteiger partial charge in [0.05, 0.1) is 0 Å². The fraction of sp³-hybridized carbons (Fsp3) is 0. The SMILES string of the molecule is [Bi+3].[Cu+2].[O-2].[O-2].[O-2].[O-2].[O-2].[V]. The van der Waals surface area contributed by atoms with E-state index in [0.717, 1.165) is 0 Å². The van der Waals surface area contributed by atoms with Gasteiger partial charge in [-0.1, -0.05) is 0 Å². The standard InChI is InChI=1S/Bi.Cu.5O.V/q+3;+2;5*-2;. The third kappa shape index (κ3) is 112. The molecule has 0 aliphatic heterocycles. The molecule has 0 N–H and O–H groups in total. The molecule has 0 fully saturated rings. The maximum atomic E-state index is 0. The summed E-state index contributed by atoms with van der Waals surface area (Å²) in [5.74, 6) is 0. The van der Waals surface area contributed by atoms with Gasteiger partial charge in [-0.2, -0.15) is 0 Å². The van der Waals surface area contributed by atoms with Crippen LogP contribution in [0.5, 0.6) is 0 Å². The summed E-state index contributed by atoms with van der Waals surface area (Å²) in [5.41, 5.74) is 0. The molecule has 0 atom stereocenters. The first kappa shape index (κ1) is 237. The minimum absolute atomic E-state index is 0. The molecule has 0 aromatic carbocycles. The van der Waals surface area contributed by atoms with E-state index in [0.29, 0.717) is 0 Å². The second kappa shape index (κ2) is 167. The molecule has 0 aromatic heterocycles. The summed E-state index contributed by atoms with van der Waals surface area (Å²) in [6.07, 6.45) is 0. The van der Waals surface area contributed by atoms with E-state index in [4.69, 9.17) is 0 Å². The average Bonchev–Trinajstić information content (AvgIpc) is 0. The summed E-state index contributed by atoms with van der Waals surface area (Å²) in [6, 6.07) is 0. The zero-order valence-electron chi connectivity index (χ0n) is 3.24. The van der Waals surface area contributed by atoms with E-state index in [9.17, 15) is 0 Å². The number of rotatable bonds is 0. The first-order valence-corrected chi connectivity index (χ1v) is 0. The van der Waals surface area contributed by atoms with Gasteiger partial charge in [-0.3, -0.25) is 0 Å². The quantitative estimate of drug-likeness (QED) is 0.458. The third-order valence-corrected chi connectivity index (χ3v) is 0. The van der Waals surface area contributed by atoms with Crippen LogP contribution in [0.1, 0.15) is 0 Å². The van der Waals surface area contributed by atoms with Crippen LogP contribution in [0.4, 0.5) is 0 Å². The van der Waals surface area contributed by atoms with Crippen molar-refractivity contribution in [2.75, 3.05) is 0 Å². The van der Waals surface area contributed by atoms with Gasteiger partial charge in [0.15, 0.2) is 0 Å². The Morgan fingerprint density at radius 1 is 0.500 bits per heavy atom. The van der Waals surface area contributed by atoms with Crippen molar-refractivity contribution in [3.8, 4) is 0 Å². The van der Waals surface area contributed by atoms with Crippen LogP contribution in [-0.2, 0) is 63.0 Å². The van der Waals surface area contributed by atoms with Crippen LogP contribution in [0.2, 0.25) is 0 Å². The van der Waals surface area contributed by atoms with Crippen LogP contribution in [0.25, 0.3) is 0 Å². The van der Waals surface area contributed by atoms with Gasteiger partial charge in [-0.05, 0) is 0 Å². The van der Waals surface area contributed by atoms with Gasteiger partial charge in [0.1, 0.15) is 0 Å². The molecule has 56 valence electrons. The van der Waals surface area contributed by atoms with E-state index >= 15 is 0 Å². The average molecular weight is 403 g/mol. The molecule has 4 radical (unpaired) electrons. The molecule has 0 unspecified atom stereocenters. The van der Waals surface area contributed by atoms with Gasteiger partial charge < -0.3 is 27.4 Å². The van der Waals surface area contributed by atoms with Crippen molar-refractivity contribution in [2.45, 2.75) is 0 Å². The van der Waals surface area contributed by atoms with E-state index in [1.807, 2.05) is 0 Å².